The van der Waals surface area contributed by atoms with Gasteiger partial charge in [-0.15, -0.1) is 12.6 Å². The van der Waals surface area contributed by atoms with Crippen molar-refractivity contribution in [3.05, 3.63) is 33.4 Å². The summed E-state index contributed by atoms with van der Waals surface area (Å²) in [5, 5.41) is 18.9. The van der Waals surface area contributed by atoms with Gasteiger partial charge in [0.05, 0.1) is 20.9 Å². The molecule has 84 valence electrons. The van der Waals surface area contributed by atoms with E-state index in [9.17, 15) is 23.3 Å². The van der Waals surface area contributed by atoms with Gasteiger partial charge in [0.1, 0.15) is 6.07 Å². The lowest BCUT2D eigenvalue weighted by molar-refractivity contribution is -0.387. The van der Waals surface area contributed by atoms with Crippen molar-refractivity contribution in [2.75, 3.05) is 0 Å². The third-order valence-electron chi connectivity index (χ3n) is 1.74. The Labute approximate surface area is 92.9 Å². The first-order chi connectivity index (χ1) is 7.27. The Morgan fingerprint density at radius 2 is 2.00 bits per heavy atom. The summed E-state index contributed by atoms with van der Waals surface area (Å²) in [4.78, 5) is 9.08. The van der Waals surface area contributed by atoms with Crippen LogP contribution in [0.15, 0.2) is 17.0 Å². The van der Waals surface area contributed by atoms with Crippen LogP contribution >= 0.6 is 12.6 Å². The van der Waals surface area contributed by atoms with E-state index in [1.165, 1.54) is 6.07 Å². The Kier molecular flexibility index (Phi) is 3.09. The molecule has 1 rings (SSSR count). The zero-order valence-corrected chi connectivity index (χ0v) is 8.34. The molecule has 1 aromatic rings. The van der Waals surface area contributed by atoms with E-state index >= 15 is 0 Å². The SMILES string of the molecule is N#Cc1cc([N+](=O)[O-])c(S)cc1C(F)(F)F. The van der Waals surface area contributed by atoms with E-state index < -0.39 is 32.8 Å². The average molecular weight is 248 g/mol. The van der Waals surface area contributed by atoms with Gasteiger partial charge < -0.3 is 0 Å². The minimum atomic E-state index is -4.74. The maximum absolute atomic E-state index is 12.4. The molecular weight excluding hydrogens is 245 g/mol. The zero-order valence-electron chi connectivity index (χ0n) is 7.45. The first kappa shape index (κ1) is 12.3. The summed E-state index contributed by atoms with van der Waals surface area (Å²) in [7, 11) is 0. The quantitative estimate of drug-likeness (QED) is 0.472. The van der Waals surface area contributed by atoms with Crippen LogP contribution in [-0.2, 0) is 6.18 Å². The van der Waals surface area contributed by atoms with Crippen molar-refractivity contribution in [2.45, 2.75) is 11.1 Å². The lowest BCUT2D eigenvalue weighted by Crippen LogP contribution is -2.08. The number of nitro groups is 1. The van der Waals surface area contributed by atoms with Crippen molar-refractivity contribution < 1.29 is 18.1 Å². The molecule has 0 N–H and O–H groups in total. The number of halogens is 3. The van der Waals surface area contributed by atoms with E-state index in [0.717, 1.165) is 0 Å². The van der Waals surface area contributed by atoms with Gasteiger partial charge in [-0.25, -0.2) is 0 Å². The first-order valence-electron chi connectivity index (χ1n) is 3.76. The van der Waals surface area contributed by atoms with Crippen LogP contribution in [0, 0.1) is 21.4 Å². The molecule has 0 fully saturated rings. The van der Waals surface area contributed by atoms with Crippen LogP contribution in [0.4, 0.5) is 18.9 Å². The molecule has 1 aromatic carbocycles. The molecule has 16 heavy (non-hydrogen) atoms. The molecule has 0 saturated heterocycles. The van der Waals surface area contributed by atoms with Crippen LogP contribution in [0.1, 0.15) is 11.1 Å². The van der Waals surface area contributed by atoms with E-state index in [1.807, 2.05) is 0 Å². The van der Waals surface area contributed by atoms with Gasteiger partial charge in [-0.2, -0.15) is 18.4 Å². The van der Waals surface area contributed by atoms with Crippen LogP contribution < -0.4 is 0 Å². The van der Waals surface area contributed by atoms with Crippen LogP contribution in [-0.4, -0.2) is 4.92 Å². The number of hydrogen-bond acceptors (Lipinski definition) is 4. The van der Waals surface area contributed by atoms with Gasteiger partial charge in [-0.05, 0) is 6.07 Å². The number of benzene rings is 1. The average Bonchev–Trinajstić information content (AvgIpc) is 2.15. The summed E-state index contributed by atoms with van der Waals surface area (Å²) in [6.07, 6.45) is -4.74. The summed E-state index contributed by atoms with van der Waals surface area (Å²) in [6.45, 7) is 0. The van der Waals surface area contributed by atoms with Gasteiger partial charge in [0.25, 0.3) is 5.69 Å². The minimum absolute atomic E-state index is 0.434. The topological polar surface area (TPSA) is 66.9 Å². The Hall–Kier alpha value is -1.75. The van der Waals surface area contributed by atoms with Crippen molar-refractivity contribution in [1.29, 1.82) is 5.26 Å². The van der Waals surface area contributed by atoms with E-state index in [0.29, 0.717) is 12.1 Å². The molecule has 0 aliphatic heterocycles. The third kappa shape index (κ3) is 2.25. The number of rotatable bonds is 1. The molecule has 0 amide bonds. The summed E-state index contributed by atoms with van der Waals surface area (Å²) in [5.41, 5.74) is -2.66. The monoisotopic (exact) mass is 248 g/mol. The lowest BCUT2D eigenvalue weighted by atomic mass is 10.1. The van der Waals surface area contributed by atoms with Crippen LogP contribution in [0.2, 0.25) is 0 Å². The predicted molar refractivity (Wildman–Crippen MR) is 50.1 cm³/mol. The number of hydrogen-bond donors (Lipinski definition) is 1. The maximum Gasteiger partial charge on any atom is 0.417 e. The number of nitrogens with zero attached hydrogens (tertiary/aromatic N) is 2. The second kappa shape index (κ2) is 4.02. The van der Waals surface area contributed by atoms with Gasteiger partial charge in [0.15, 0.2) is 0 Å². The normalized spacial score (nSPS) is 10.9. The second-order valence-electron chi connectivity index (χ2n) is 2.75. The lowest BCUT2D eigenvalue weighted by Gasteiger charge is -2.09. The number of nitro benzene ring substituents is 1. The fourth-order valence-corrected chi connectivity index (χ4v) is 1.33. The van der Waals surface area contributed by atoms with Crippen LogP contribution in [0.3, 0.4) is 0 Å². The highest BCUT2D eigenvalue weighted by Crippen LogP contribution is 2.36. The van der Waals surface area contributed by atoms with Crippen molar-refractivity contribution in [3.63, 3.8) is 0 Å². The van der Waals surface area contributed by atoms with Crippen molar-refractivity contribution in [1.82, 2.24) is 0 Å². The Bertz CT molecular complexity index is 493. The summed E-state index contributed by atoms with van der Waals surface area (Å²) in [6, 6.07) is 2.30. The number of thiol groups is 1. The third-order valence-corrected chi connectivity index (χ3v) is 2.10. The second-order valence-corrected chi connectivity index (χ2v) is 3.23. The summed E-state index contributed by atoms with van der Waals surface area (Å²) in [5.74, 6) is 0. The Morgan fingerprint density at radius 3 is 2.38 bits per heavy atom. The number of alkyl halides is 3. The van der Waals surface area contributed by atoms with Crippen LogP contribution in [0.25, 0.3) is 0 Å². The Morgan fingerprint density at radius 1 is 1.44 bits per heavy atom. The molecule has 8 heteroatoms. The molecule has 4 nitrogen and oxygen atoms in total. The van der Waals surface area contributed by atoms with Crippen molar-refractivity contribution in [2.24, 2.45) is 0 Å². The molecule has 0 aromatic heterocycles. The van der Waals surface area contributed by atoms with Crippen molar-refractivity contribution in [3.8, 4) is 6.07 Å². The highest BCUT2D eigenvalue weighted by Gasteiger charge is 2.35. The highest BCUT2D eigenvalue weighted by atomic mass is 32.1. The van der Waals surface area contributed by atoms with E-state index in [2.05, 4.69) is 12.6 Å². The minimum Gasteiger partial charge on any atom is -0.258 e. The molecule has 0 heterocycles. The molecule has 0 aliphatic rings. The van der Waals surface area contributed by atoms with Crippen LogP contribution in [0.5, 0.6) is 0 Å². The Balaban J connectivity index is 3.52. The van der Waals surface area contributed by atoms with Gasteiger partial charge in [0.2, 0.25) is 0 Å². The first-order valence-corrected chi connectivity index (χ1v) is 4.20. The number of nitriles is 1. The molecule has 0 saturated carbocycles. The van der Waals surface area contributed by atoms with E-state index in [1.54, 1.807) is 0 Å². The van der Waals surface area contributed by atoms with Gasteiger partial charge in [-0.3, -0.25) is 10.1 Å². The summed E-state index contributed by atoms with van der Waals surface area (Å²) < 4.78 is 37.2. The molecule has 0 unspecified atom stereocenters. The standard InChI is InChI=1S/C8H3F3N2O2S/c9-8(10,11)5-2-7(16)6(13(14)15)1-4(5)3-12/h1-2,16H. The maximum atomic E-state index is 12.4. The van der Waals surface area contributed by atoms with Crippen molar-refractivity contribution >= 4 is 18.3 Å². The van der Waals surface area contributed by atoms with E-state index in [-0.39, 0.29) is 0 Å². The fourth-order valence-electron chi connectivity index (χ4n) is 1.05. The molecule has 0 spiro atoms. The molecule has 0 atom stereocenters. The van der Waals surface area contributed by atoms with E-state index in [4.69, 9.17) is 5.26 Å². The largest absolute Gasteiger partial charge is 0.417 e. The highest BCUT2D eigenvalue weighted by molar-refractivity contribution is 7.80. The molecule has 0 radical (unpaired) electrons. The fraction of sp³-hybridized carbons (Fsp3) is 0.125. The van der Waals surface area contributed by atoms with Gasteiger partial charge in [0, 0.05) is 6.07 Å². The molecule has 0 bridgehead atoms. The summed E-state index contributed by atoms with van der Waals surface area (Å²) >= 11 is 3.57. The van der Waals surface area contributed by atoms with Gasteiger partial charge in [-0.1, -0.05) is 0 Å². The molecular formula is C8H3F3N2O2S. The van der Waals surface area contributed by atoms with Gasteiger partial charge >= 0.3 is 6.18 Å². The molecule has 0 aliphatic carbocycles. The zero-order chi connectivity index (χ0) is 12.5. The smallest absolute Gasteiger partial charge is 0.258 e. The predicted octanol–water partition coefficient (Wildman–Crippen LogP) is 2.77.